The summed E-state index contributed by atoms with van der Waals surface area (Å²) in [6.45, 7) is 2.77. The van der Waals surface area contributed by atoms with Crippen LogP contribution in [0.4, 0.5) is 10.5 Å². The summed E-state index contributed by atoms with van der Waals surface area (Å²) in [7, 11) is 0. The fourth-order valence-electron chi connectivity index (χ4n) is 3.36. The molecule has 1 aromatic heterocycles. The van der Waals surface area contributed by atoms with Gasteiger partial charge in [0.15, 0.2) is 0 Å². The van der Waals surface area contributed by atoms with E-state index in [1.165, 1.54) is 15.7 Å². The number of H-pyrrole nitrogens is 1. The number of carbonyl (C=O) groups is 1. The molecule has 30 heavy (non-hydrogen) atoms. The zero-order valence-electron chi connectivity index (χ0n) is 16.8. The van der Waals surface area contributed by atoms with E-state index in [4.69, 9.17) is 11.6 Å². The average Bonchev–Trinajstić information content (AvgIpc) is 3.07. The highest BCUT2D eigenvalue weighted by Gasteiger charge is 2.12. The second-order valence-electron chi connectivity index (χ2n) is 7.21. The van der Waals surface area contributed by atoms with Crippen LogP contribution in [0.5, 0.6) is 0 Å². The van der Waals surface area contributed by atoms with E-state index in [0.717, 1.165) is 40.9 Å². The van der Waals surface area contributed by atoms with Crippen molar-refractivity contribution in [1.82, 2.24) is 10.3 Å². The maximum atomic E-state index is 12.0. The molecule has 154 valence electrons. The second-order valence-corrected chi connectivity index (χ2v) is 8.64. The van der Waals surface area contributed by atoms with E-state index in [-0.39, 0.29) is 6.03 Å². The molecule has 0 saturated carbocycles. The summed E-state index contributed by atoms with van der Waals surface area (Å²) in [5.74, 6) is 0.742. The second kappa shape index (κ2) is 9.45. The molecule has 0 saturated heterocycles. The van der Waals surface area contributed by atoms with Gasteiger partial charge >= 0.3 is 6.03 Å². The molecule has 1 heterocycles. The van der Waals surface area contributed by atoms with Gasteiger partial charge in [0, 0.05) is 39.5 Å². The van der Waals surface area contributed by atoms with Gasteiger partial charge in [-0.05, 0) is 47.5 Å². The minimum Gasteiger partial charge on any atom is -0.356 e. The highest BCUT2D eigenvalue weighted by Crippen LogP contribution is 2.34. The third kappa shape index (κ3) is 4.74. The van der Waals surface area contributed by atoms with Gasteiger partial charge < -0.3 is 15.6 Å². The minimum absolute atomic E-state index is 0.193. The Labute approximate surface area is 185 Å². The van der Waals surface area contributed by atoms with Gasteiger partial charge in [0.05, 0.1) is 5.02 Å². The Morgan fingerprint density at radius 2 is 1.90 bits per heavy atom. The molecular weight excluding hydrogens is 414 g/mol. The normalized spacial score (nSPS) is 11.1. The number of hydrogen-bond acceptors (Lipinski definition) is 2. The van der Waals surface area contributed by atoms with Gasteiger partial charge in [0.2, 0.25) is 0 Å². The minimum atomic E-state index is -0.193. The molecule has 4 aromatic rings. The lowest BCUT2D eigenvalue weighted by molar-refractivity contribution is 0.252. The van der Waals surface area contributed by atoms with Crippen molar-refractivity contribution in [2.45, 2.75) is 30.4 Å². The van der Waals surface area contributed by atoms with Crippen molar-refractivity contribution in [1.29, 1.82) is 0 Å². The zero-order chi connectivity index (χ0) is 20.9. The van der Waals surface area contributed by atoms with Gasteiger partial charge in [0.25, 0.3) is 0 Å². The third-order valence-corrected chi connectivity index (χ3v) is 6.44. The van der Waals surface area contributed by atoms with Gasteiger partial charge in [0.1, 0.15) is 0 Å². The average molecular weight is 438 g/mol. The first kappa shape index (κ1) is 20.6. The number of urea groups is 1. The number of carbonyl (C=O) groups excluding carboxylic acids is 1. The number of aromatic nitrogens is 1. The zero-order valence-corrected chi connectivity index (χ0v) is 18.4. The summed E-state index contributed by atoms with van der Waals surface area (Å²) in [6, 6.07) is 20.4. The first-order valence-corrected chi connectivity index (χ1v) is 11.5. The maximum Gasteiger partial charge on any atom is 0.319 e. The molecule has 0 atom stereocenters. The monoisotopic (exact) mass is 437 g/mol. The van der Waals surface area contributed by atoms with Crippen molar-refractivity contribution < 1.29 is 4.79 Å². The summed E-state index contributed by atoms with van der Waals surface area (Å²) >= 11 is 8.40. The number of thioether (sulfide) groups is 1. The molecule has 0 aliphatic rings. The number of rotatable bonds is 7. The Morgan fingerprint density at radius 3 is 2.73 bits per heavy atom. The predicted molar refractivity (Wildman–Crippen MR) is 129 cm³/mol. The van der Waals surface area contributed by atoms with Crippen LogP contribution in [0.1, 0.15) is 25.5 Å². The summed E-state index contributed by atoms with van der Waals surface area (Å²) in [5, 5.41) is 9.82. The topological polar surface area (TPSA) is 56.9 Å². The van der Waals surface area contributed by atoms with Gasteiger partial charge in [-0.2, -0.15) is 0 Å². The molecule has 2 amide bonds. The van der Waals surface area contributed by atoms with Crippen molar-refractivity contribution in [2.75, 3.05) is 11.9 Å². The summed E-state index contributed by atoms with van der Waals surface area (Å²) in [4.78, 5) is 16.6. The first-order valence-electron chi connectivity index (χ1n) is 10.1. The van der Waals surface area contributed by atoms with E-state index in [2.05, 4.69) is 65.0 Å². The Kier molecular flexibility index (Phi) is 6.50. The summed E-state index contributed by atoms with van der Waals surface area (Å²) in [5.41, 5.74) is 2.67. The van der Waals surface area contributed by atoms with Gasteiger partial charge in [-0.25, -0.2) is 4.79 Å². The van der Waals surface area contributed by atoms with Crippen molar-refractivity contribution in [2.24, 2.45) is 0 Å². The molecule has 0 aliphatic carbocycles. The lowest BCUT2D eigenvalue weighted by Gasteiger charge is -2.07. The number of unbranched alkanes of at least 4 members (excludes halogenated alkanes) is 1. The first-order chi connectivity index (χ1) is 14.6. The predicted octanol–water partition coefficient (Wildman–Crippen LogP) is 7.19. The van der Waals surface area contributed by atoms with Crippen LogP contribution < -0.4 is 10.6 Å². The van der Waals surface area contributed by atoms with E-state index in [1.54, 1.807) is 11.8 Å². The third-order valence-electron chi connectivity index (χ3n) is 4.98. The molecule has 3 aromatic carbocycles. The van der Waals surface area contributed by atoms with E-state index in [0.29, 0.717) is 11.6 Å². The highest BCUT2D eigenvalue weighted by atomic mass is 35.5. The number of halogens is 1. The number of fused-ring (bicyclic) bond motifs is 2. The van der Waals surface area contributed by atoms with Gasteiger partial charge in [-0.15, -0.1) is 11.8 Å². The van der Waals surface area contributed by atoms with E-state index < -0.39 is 0 Å². The molecule has 0 bridgehead atoms. The quantitative estimate of drug-likeness (QED) is 0.211. The molecule has 0 unspecified atom stereocenters. The van der Waals surface area contributed by atoms with Crippen molar-refractivity contribution >= 4 is 56.8 Å². The fraction of sp³-hybridized carbons (Fsp3) is 0.208. The summed E-state index contributed by atoms with van der Waals surface area (Å²) < 4.78 is 0. The molecule has 6 heteroatoms. The van der Waals surface area contributed by atoms with E-state index in [1.807, 2.05) is 18.2 Å². The number of amides is 2. The molecule has 0 aliphatic heterocycles. The molecule has 0 fully saturated rings. The van der Waals surface area contributed by atoms with Crippen LogP contribution in [0.3, 0.4) is 0 Å². The summed E-state index contributed by atoms with van der Waals surface area (Å²) in [6.07, 6.45) is 2.01. The Hall–Kier alpha value is -2.63. The molecule has 4 rings (SSSR count). The van der Waals surface area contributed by atoms with Crippen LogP contribution in [-0.4, -0.2) is 17.6 Å². The van der Waals surface area contributed by atoms with E-state index in [9.17, 15) is 4.79 Å². The highest BCUT2D eigenvalue weighted by molar-refractivity contribution is 7.98. The van der Waals surface area contributed by atoms with Crippen LogP contribution in [0.15, 0.2) is 65.6 Å². The SMILES string of the molecule is CCCCNC(=O)Nc1ccc2[nH]c(CSc3ccc4ccccc4c3)c(Cl)c2c1. The van der Waals surface area contributed by atoms with Crippen LogP contribution in [0.25, 0.3) is 21.7 Å². The lowest BCUT2D eigenvalue weighted by atomic mass is 10.1. The molecular formula is C24H24ClN3OS. The Morgan fingerprint density at radius 1 is 1.07 bits per heavy atom. The van der Waals surface area contributed by atoms with Crippen LogP contribution in [-0.2, 0) is 5.75 Å². The number of hydrogen-bond donors (Lipinski definition) is 3. The van der Waals surface area contributed by atoms with Crippen LogP contribution >= 0.6 is 23.4 Å². The molecule has 0 radical (unpaired) electrons. The number of anilines is 1. The van der Waals surface area contributed by atoms with Gasteiger partial charge in [-0.1, -0.05) is 55.3 Å². The van der Waals surface area contributed by atoms with Crippen LogP contribution in [0.2, 0.25) is 5.02 Å². The Bertz CT molecular complexity index is 1190. The van der Waals surface area contributed by atoms with Gasteiger partial charge in [-0.3, -0.25) is 0 Å². The van der Waals surface area contributed by atoms with Crippen molar-refractivity contribution in [3.05, 3.63) is 71.4 Å². The number of benzene rings is 3. The molecule has 0 spiro atoms. The largest absolute Gasteiger partial charge is 0.356 e. The van der Waals surface area contributed by atoms with Crippen molar-refractivity contribution in [3.63, 3.8) is 0 Å². The molecule has 3 N–H and O–H groups in total. The van der Waals surface area contributed by atoms with E-state index >= 15 is 0 Å². The maximum absolute atomic E-state index is 12.0. The number of aromatic amines is 1. The fourth-order valence-corrected chi connectivity index (χ4v) is 4.61. The standard InChI is InChI=1S/C24H24ClN3OS/c1-2-3-12-26-24(29)27-18-9-11-21-20(14-18)23(25)22(28-21)15-30-19-10-8-16-6-4-5-7-17(16)13-19/h4-11,13-14,28H,2-3,12,15H2,1H3,(H2,26,27,29). The lowest BCUT2D eigenvalue weighted by Crippen LogP contribution is -2.29. The smallest absolute Gasteiger partial charge is 0.319 e. The molecule has 4 nitrogen and oxygen atoms in total. The Balaban J connectivity index is 1.46. The number of nitrogens with one attached hydrogen (secondary N) is 3. The van der Waals surface area contributed by atoms with Crippen LogP contribution in [0, 0.1) is 0 Å². The van der Waals surface area contributed by atoms with Crippen molar-refractivity contribution in [3.8, 4) is 0 Å².